The summed E-state index contributed by atoms with van der Waals surface area (Å²) in [6.07, 6.45) is -3.96. The van der Waals surface area contributed by atoms with Gasteiger partial charge in [0.05, 0.1) is 0 Å². The Kier molecular flexibility index (Phi) is 3.56. The Hall–Kier alpha value is 0.420. The van der Waals surface area contributed by atoms with Gasteiger partial charge in [0.1, 0.15) is 4.08 Å². The Morgan fingerprint density at radius 2 is 1.64 bits per heavy atom. The highest BCUT2D eigenvalue weighted by atomic mass is 32.2. The molecule has 0 N–H and O–H groups in total. The molecule has 0 atom stereocenters. The second kappa shape index (κ2) is 3.43. The van der Waals surface area contributed by atoms with Gasteiger partial charge in [0.15, 0.2) is 0 Å². The van der Waals surface area contributed by atoms with Crippen molar-refractivity contribution in [3.05, 3.63) is 0 Å². The van der Waals surface area contributed by atoms with Crippen LogP contribution in [-0.2, 0) is 0 Å². The van der Waals surface area contributed by atoms with Crippen molar-refractivity contribution in [3.8, 4) is 0 Å². The number of rotatable bonds is 3. The third kappa shape index (κ3) is 2.18. The first kappa shape index (κ1) is 11.4. The topological polar surface area (TPSA) is 0 Å². The van der Waals surface area contributed by atoms with E-state index in [2.05, 4.69) is 25.3 Å². The average Bonchev–Trinajstić information content (AvgIpc) is 1.87. The van der Waals surface area contributed by atoms with Gasteiger partial charge in [0.2, 0.25) is 0 Å². The molecular formula is C5H8F4S2. The van der Waals surface area contributed by atoms with Crippen molar-refractivity contribution in [2.45, 2.75) is 29.8 Å². The molecule has 0 radical (unpaired) electrons. The van der Waals surface area contributed by atoms with Gasteiger partial charge in [-0.3, -0.25) is 0 Å². The minimum Gasteiger partial charge on any atom is -0.203 e. The van der Waals surface area contributed by atoms with Gasteiger partial charge in [-0.15, -0.1) is 0 Å². The second-order valence-electron chi connectivity index (χ2n) is 2.09. The van der Waals surface area contributed by atoms with E-state index in [-0.39, 0.29) is 6.42 Å². The third-order valence-electron chi connectivity index (χ3n) is 1.30. The minimum atomic E-state index is -4.16. The van der Waals surface area contributed by atoms with Crippen LogP contribution < -0.4 is 0 Å². The van der Waals surface area contributed by atoms with Gasteiger partial charge in [-0.1, -0.05) is 6.92 Å². The fourth-order valence-electron chi connectivity index (χ4n) is 0.410. The molecule has 0 aliphatic heterocycles. The SMILES string of the molecule is CCC(S)(S)C(F)(F)C(F)F. The van der Waals surface area contributed by atoms with Crippen molar-refractivity contribution in [2.75, 3.05) is 0 Å². The van der Waals surface area contributed by atoms with Crippen molar-refractivity contribution < 1.29 is 17.6 Å². The zero-order valence-corrected chi connectivity index (χ0v) is 7.48. The van der Waals surface area contributed by atoms with Crippen molar-refractivity contribution >= 4 is 25.3 Å². The highest BCUT2D eigenvalue weighted by molar-refractivity contribution is 8.00. The average molecular weight is 208 g/mol. The van der Waals surface area contributed by atoms with Crippen LogP contribution in [0.5, 0.6) is 0 Å². The molecule has 0 saturated heterocycles. The van der Waals surface area contributed by atoms with E-state index < -0.39 is 16.4 Å². The quantitative estimate of drug-likeness (QED) is 0.398. The lowest BCUT2D eigenvalue weighted by molar-refractivity contribution is -0.134. The fraction of sp³-hybridized carbons (Fsp3) is 1.00. The van der Waals surface area contributed by atoms with Gasteiger partial charge >= 0.3 is 12.3 Å². The summed E-state index contributed by atoms with van der Waals surface area (Å²) < 4.78 is 45.9. The summed E-state index contributed by atoms with van der Waals surface area (Å²) in [6, 6.07) is 0. The van der Waals surface area contributed by atoms with E-state index in [0.29, 0.717) is 0 Å². The third-order valence-corrected chi connectivity index (χ3v) is 2.53. The molecule has 0 amide bonds. The van der Waals surface area contributed by atoms with Crippen LogP contribution in [0.25, 0.3) is 0 Å². The standard InChI is InChI=1S/C5H8F4S2/c1-2-4(10,11)5(8,9)3(6)7/h3,10-11H,2H2,1H3. The molecule has 0 aromatic carbocycles. The van der Waals surface area contributed by atoms with Gasteiger partial charge in [-0.25, -0.2) is 8.78 Å². The van der Waals surface area contributed by atoms with Crippen LogP contribution in [0.1, 0.15) is 13.3 Å². The van der Waals surface area contributed by atoms with Crippen LogP contribution in [0, 0.1) is 0 Å². The largest absolute Gasteiger partial charge is 0.330 e. The molecule has 6 heteroatoms. The molecule has 0 spiro atoms. The Morgan fingerprint density at radius 1 is 1.27 bits per heavy atom. The molecule has 0 bridgehead atoms. The van der Waals surface area contributed by atoms with Crippen molar-refractivity contribution in [1.82, 2.24) is 0 Å². The Balaban J connectivity index is 4.53. The summed E-state index contributed by atoms with van der Waals surface area (Å²) in [6.45, 7) is 1.32. The molecular weight excluding hydrogens is 200 g/mol. The maximum absolute atomic E-state index is 12.4. The highest BCUT2D eigenvalue weighted by Crippen LogP contribution is 2.44. The van der Waals surface area contributed by atoms with Crippen LogP contribution in [0.3, 0.4) is 0 Å². The van der Waals surface area contributed by atoms with E-state index >= 15 is 0 Å². The first-order chi connectivity index (χ1) is 4.75. The van der Waals surface area contributed by atoms with E-state index in [1.54, 1.807) is 0 Å². The molecule has 0 saturated carbocycles. The van der Waals surface area contributed by atoms with E-state index in [1.165, 1.54) is 6.92 Å². The summed E-state index contributed by atoms with van der Waals surface area (Å²) in [5.41, 5.74) is 0. The summed E-state index contributed by atoms with van der Waals surface area (Å²) in [5.74, 6) is -4.16. The molecule has 0 aromatic heterocycles. The van der Waals surface area contributed by atoms with Gasteiger partial charge in [-0.05, 0) is 6.42 Å². The molecule has 0 aliphatic carbocycles. The number of hydrogen-bond acceptors (Lipinski definition) is 2. The van der Waals surface area contributed by atoms with Gasteiger partial charge in [0.25, 0.3) is 0 Å². The molecule has 11 heavy (non-hydrogen) atoms. The molecule has 0 aromatic rings. The molecule has 0 aliphatic rings. The van der Waals surface area contributed by atoms with E-state index in [9.17, 15) is 17.6 Å². The molecule has 0 heterocycles. The molecule has 0 fully saturated rings. The predicted octanol–water partition coefficient (Wildman–Crippen LogP) is 2.85. The zero-order chi connectivity index (χ0) is 9.28. The lowest BCUT2D eigenvalue weighted by Crippen LogP contribution is -2.44. The number of thiol groups is 2. The Bertz CT molecular complexity index is 134. The predicted molar refractivity (Wildman–Crippen MR) is 41.9 cm³/mol. The van der Waals surface area contributed by atoms with Crippen LogP contribution in [0.2, 0.25) is 0 Å². The molecule has 0 rings (SSSR count). The van der Waals surface area contributed by atoms with Crippen molar-refractivity contribution in [3.63, 3.8) is 0 Å². The maximum atomic E-state index is 12.4. The fourth-order valence-corrected chi connectivity index (χ4v) is 0.606. The van der Waals surface area contributed by atoms with Crippen molar-refractivity contribution in [2.24, 2.45) is 0 Å². The van der Waals surface area contributed by atoms with Gasteiger partial charge in [0, 0.05) is 0 Å². The summed E-state index contributed by atoms with van der Waals surface area (Å²) in [4.78, 5) is 0. The first-order valence-corrected chi connectivity index (χ1v) is 3.76. The zero-order valence-electron chi connectivity index (χ0n) is 5.69. The lowest BCUT2D eigenvalue weighted by Gasteiger charge is -2.30. The van der Waals surface area contributed by atoms with Crippen LogP contribution in [-0.4, -0.2) is 16.4 Å². The number of halogens is 4. The normalized spacial score (nSPS) is 14.2. The van der Waals surface area contributed by atoms with Gasteiger partial charge in [-0.2, -0.15) is 34.0 Å². The summed E-state index contributed by atoms with van der Waals surface area (Å²) in [5, 5.41) is 0. The smallest absolute Gasteiger partial charge is 0.203 e. The summed E-state index contributed by atoms with van der Waals surface area (Å²) >= 11 is 6.68. The van der Waals surface area contributed by atoms with E-state index in [4.69, 9.17) is 0 Å². The van der Waals surface area contributed by atoms with Crippen molar-refractivity contribution in [1.29, 1.82) is 0 Å². The Labute approximate surface area is 73.2 Å². The highest BCUT2D eigenvalue weighted by Gasteiger charge is 2.55. The minimum absolute atomic E-state index is 0.240. The molecule has 0 nitrogen and oxygen atoms in total. The monoisotopic (exact) mass is 208 g/mol. The molecule has 68 valence electrons. The van der Waals surface area contributed by atoms with Crippen LogP contribution in [0.4, 0.5) is 17.6 Å². The van der Waals surface area contributed by atoms with Crippen LogP contribution >= 0.6 is 25.3 Å². The molecule has 0 unspecified atom stereocenters. The maximum Gasteiger partial charge on any atom is 0.330 e. The van der Waals surface area contributed by atoms with E-state index in [1.807, 2.05) is 0 Å². The Morgan fingerprint density at radius 3 is 1.73 bits per heavy atom. The summed E-state index contributed by atoms with van der Waals surface area (Å²) in [7, 11) is 0. The number of hydrogen-bond donors (Lipinski definition) is 2. The van der Waals surface area contributed by atoms with Crippen LogP contribution in [0.15, 0.2) is 0 Å². The number of alkyl halides is 4. The second-order valence-corrected chi connectivity index (χ2v) is 3.97. The lowest BCUT2D eigenvalue weighted by atomic mass is 10.2. The van der Waals surface area contributed by atoms with Gasteiger partial charge < -0.3 is 0 Å². The van der Waals surface area contributed by atoms with E-state index in [0.717, 1.165) is 0 Å². The first-order valence-electron chi connectivity index (χ1n) is 2.86.